The van der Waals surface area contributed by atoms with Crippen molar-refractivity contribution in [1.82, 2.24) is 4.98 Å². The van der Waals surface area contributed by atoms with Crippen LogP contribution in [0.25, 0.3) is 0 Å². The van der Waals surface area contributed by atoms with E-state index in [2.05, 4.69) is 22.9 Å². The molecule has 0 radical (unpaired) electrons. The largest absolute Gasteiger partial charge is 0.352 e. The van der Waals surface area contributed by atoms with Gasteiger partial charge in [-0.3, -0.25) is 0 Å². The fourth-order valence-corrected chi connectivity index (χ4v) is 2.95. The van der Waals surface area contributed by atoms with Crippen LogP contribution < -0.4 is 4.90 Å². The van der Waals surface area contributed by atoms with Gasteiger partial charge in [0.1, 0.15) is 5.82 Å². The molecule has 15 heavy (non-hydrogen) atoms. The summed E-state index contributed by atoms with van der Waals surface area (Å²) in [5.74, 6) is 4.01. The topological polar surface area (TPSA) is 16.1 Å². The second-order valence-electron chi connectivity index (χ2n) is 3.77. The van der Waals surface area contributed by atoms with Gasteiger partial charge >= 0.3 is 0 Å². The lowest BCUT2D eigenvalue weighted by Gasteiger charge is -2.34. The van der Waals surface area contributed by atoms with Crippen LogP contribution in [-0.2, 0) is 5.88 Å². The summed E-state index contributed by atoms with van der Waals surface area (Å²) in [5, 5.41) is 0. The molecule has 1 aliphatic rings. The molecule has 1 unspecified atom stereocenters. The van der Waals surface area contributed by atoms with Crippen molar-refractivity contribution in [3.8, 4) is 0 Å². The number of hydrogen-bond donors (Lipinski definition) is 0. The first kappa shape index (κ1) is 11.1. The number of nitrogens with zero attached hydrogens (tertiary/aromatic N) is 2. The van der Waals surface area contributed by atoms with Crippen molar-refractivity contribution in [3.63, 3.8) is 0 Å². The first-order valence-electron chi connectivity index (χ1n) is 5.16. The molecule has 0 saturated carbocycles. The Bertz CT molecular complexity index is 332. The standard InChI is InChI=1S/C11H15ClN2S/c1-9-8-15-5-4-14(9)11-6-10(7-12)2-3-13-11/h2-3,6,9H,4-5,7-8H2,1H3. The normalized spacial score (nSPS) is 21.7. The number of thioether (sulfide) groups is 1. The highest BCUT2D eigenvalue weighted by molar-refractivity contribution is 7.99. The van der Waals surface area contributed by atoms with E-state index >= 15 is 0 Å². The Hall–Kier alpha value is -0.410. The Morgan fingerprint density at radius 1 is 1.67 bits per heavy atom. The maximum Gasteiger partial charge on any atom is 0.129 e. The summed E-state index contributed by atoms with van der Waals surface area (Å²) in [6.07, 6.45) is 1.85. The number of aromatic nitrogens is 1. The molecule has 0 amide bonds. The molecular weight excluding hydrogens is 228 g/mol. The van der Waals surface area contributed by atoms with Crippen molar-refractivity contribution in [1.29, 1.82) is 0 Å². The van der Waals surface area contributed by atoms with Crippen LogP contribution >= 0.6 is 23.4 Å². The van der Waals surface area contributed by atoms with E-state index in [0.29, 0.717) is 11.9 Å². The van der Waals surface area contributed by atoms with Crippen LogP contribution in [0, 0.1) is 0 Å². The fourth-order valence-electron chi connectivity index (χ4n) is 1.77. The maximum absolute atomic E-state index is 5.82. The van der Waals surface area contributed by atoms with Crippen LogP contribution in [0.4, 0.5) is 5.82 Å². The molecule has 2 rings (SSSR count). The van der Waals surface area contributed by atoms with E-state index < -0.39 is 0 Å². The van der Waals surface area contributed by atoms with Crippen LogP contribution in [0.1, 0.15) is 12.5 Å². The van der Waals surface area contributed by atoms with Crippen molar-refractivity contribution in [2.45, 2.75) is 18.8 Å². The van der Waals surface area contributed by atoms with E-state index in [1.54, 1.807) is 0 Å². The summed E-state index contributed by atoms with van der Waals surface area (Å²) < 4.78 is 0. The Morgan fingerprint density at radius 2 is 2.53 bits per heavy atom. The minimum Gasteiger partial charge on any atom is -0.352 e. The Balaban J connectivity index is 2.19. The lowest BCUT2D eigenvalue weighted by atomic mass is 10.2. The third kappa shape index (κ3) is 2.58. The molecule has 2 heterocycles. The third-order valence-corrected chi connectivity index (χ3v) is 4.12. The van der Waals surface area contributed by atoms with Crippen molar-refractivity contribution in [3.05, 3.63) is 23.9 Å². The van der Waals surface area contributed by atoms with Gasteiger partial charge in [-0.25, -0.2) is 4.98 Å². The molecular formula is C11H15ClN2S. The van der Waals surface area contributed by atoms with E-state index in [1.807, 2.05) is 24.0 Å². The molecule has 1 aromatic rings. The number of hydrogen-bond acceptors (Lipinski definition) is 3. The van der Waals surface area contributed by atoms with Gasteiger partial charge in [0, 0.05) is 36.2 Å². The molecule has 2 nitrogen and oxygen atoms in total. The fraction of sp³-hybridized carbons (Fsp3) is 0.545. The molecule has 82 valence electrons. The average molecular weight is 243 g/mol. The highest BCUT2D eigenvalue weighted by atomic mass is 35.5. The molecule has 1 aromatic heterocycles. The summed E-state index contributed by atoms with van der Waals surface area (Å²) in [6, 6.07) is 4.64. The zero-order valence-electron chi connectivity index (χ0n) is 8.82. The maximum atomic E-state index is 5.82. The predicted molar refractivity (Wildman–Crippen MR) is 67.9 cm³/mol. The number of anilines is 1. The van der Waals surface area contributed by atoms with Crippen molar-refractivity contribution >= 4 is 29.2 Å². The lowest BCUT2D eigenvalue weighted by Crippen LogP contribution is -2.40. The minimum atomic E-state index is 0.562. The van der Waals surface area contributed by atoms with Crippen LogP contribution in [0.2, 0.25) is 0 Å². The van der Waals surface area contributed by atoms with Gasteiger partial charge in [-0.2, -0.15) is 11.8 Å². The second kappa shape index (κ2) is 5.08. The van der Waals surface area contributed by atoms with E-state index in [4.69, 9.17) is 11.6 Å². The summed E-state index contributed by atoms with van der Waals surface area (Å²) in [6.45, 7) is 3.34. The first-order valence-corrected chi connectivity index (χ1v) is 6.85. The van der Waals surface area contributed by atoms with Gasteiger partial charge in [0.2, 0.25) is 0 Å². The Morgan fingerprint density at radius 3 is 3.27 bits per heavy atom. The van der Waals surface area contributed by atoms with Gasteiger partial charge < -0.3 is 4.90 Å². The molecule has 1 fully saturated rings. The van der Waals surface area contributed by atoms with Gasteiger partial charge in [-0.05, 0) is 24.6 Å². The summed E-state index contributed by atoms with van der Waals surface area (Å²) in [5.41, 5.74) is 1.15. The number of alkyl halides is 1. The minimum absolute atomic E-state index is 0.562. The lowest BCUT2D eigenvalue weighted by molar-refractivity contribution is 0.689. The quantitative estimate of drug-likeness (QED) is 0.742. The highest BCUT2D eigenvalue weighted by Gasteiger charge is 2.19. The third-order valence-electron chi connectivity index (χ3n) is 2.63. The zero-order valence-corrected chi connectivity index (χ0v) is 10.4. The monoisotopic (exact) mass is 242 g/mol. The van der Waals surface area contributed by atoms with E-state index in [-0.39, 0.29) is 0 Å². The smallest absolute Gasteiger partial charge is 0.129 e. The summed E-state index contributed by atoms with van der Waals surface area (Å²) in [4.78, 5) is 6.79. The van der Waals surface area contributed by atoms with Crippen LogP contribution in [0.15, 0.2) is 18.3 Å². The molecule has 0 N–H and O–H groups in total. The second-order valence-corrected chi connectivity index (χ2v) is 5.19. The molecule has 1 saturated heterocycles. The van der Waals surface area contributed by atoms with Crippen molar-refractivity contribution in [2.75, 3.05) is 23.0 Å². The SMILES string of the molecule is CC1CSCCN1c1cc(CCl)ccn1. The number of pyridine rings is 1. The molecule has 4 heteroatoms. The Kier molecular flexibility index (Phi) is 3.76. The van der Waals surface area contributed by atoms with Crippen LogP contribution in [0.5, 0.6) is 0 Å². The first-order chi connectivity index (χ1) is 7.31. The molecule has 0 aromatic carbocycles. The van der Waals surface area contributed by atoms with Crippen molar-refractivity contribution < 1.29 is 0 Å². The van der Waals surface area contributed by atoms with Gasteiger partial charge in [0.25, 0.3) is 0 Å². The summed E-state index contributed by atoms with van der Waals surface area (Å²) >= 11 is 7.84. The molecule has 0 aliphatic carbocycles. The number of halogens is 1. The van der Waals surface area contributed by atoms with Crippen molar-refractivity contribution in [2.24, 2.45) is 0 Å². The highest BCUT2D eigenvalue weighted by Crippen LogP contribution is 2.22. The molecule has 0 bridgehead atoms. The predicted octanol–water partition coefficient (Wildman–Crippen LogP) is 2.76. The van der Waals surface area contributed by atoms with Gasteiger partial charge in [-0.15, -0.1) is 11.6 Å². The van der Waals surface area contributed by atoms with E-state index in [9.17, 15) is 0 Å². The van der Waals surface area contributed by atoms with Gasteiger partial charge in [-0.1, -0.05) is 0 Å². The molecule has 1 atom stereocenters. The van der Waals surface area contributed by atoms with E-state index in [0.717, 1.165) is 17.9 Å². The summed E-state index contributed by atoms with van der Waals surface area (Å²) in [7, 11) is 0. The average Bonchev–Trinajstić information content (AvgIpc) is 2.30. The van der Waals surface area contributed by atoms with Gasteiger partial charge in [0.15, 0.2) is 0 Å². The number of rotatable bonds is 2. The van der Waals surface area contributed by atoms with E-state index in [1.165, 1.54) is 11.5 Å². The van der Waals surface area contributed by atoms with Gasteiger partial charge in [0.05, 0.1) is 0 Å². The zero-order chi connectivity index (χ0) is 10.7. The molecule has 1 aliphatic heterocycles. The van der Waals surface area contributed by atoms with Crippen LogP contribution in [-0.4, -0.2) is 29.1 Å². The van der Waals surface area contributed by atoms with Crippen LogP contribution in [0.3, 0.4) is 0 Å². The Labute approximate surface area is 100 Å². The molecule has 0 spiro atoms.